The summed E-state index contributed by atoms with van der Waals surface area (Å²) in [6.07, 6.45) is 2.71. The van der Waals surface area contributed by atoms with Crippen molar-refractivity contribution >= 4 is 22.6 Å². The van der Waals surface area contributed by atoms with Crippen LogP contribution in [-0.2, 0) is 20.9 Å². The summed E-state index contributed by atoms with van der Waals surface area (Å²) in [4.78, 5) is 24.7. The first-order valence-electron chi connectivity index (χ1n) is 9.42. The summed E-state index contributed by atoms with van der Waals surface area (Å²) in [6.45, 7) is 4.01. The Labute approximate surface area is 168 Å². The first-order valence-corrected chi connectivity index (χ1v) is 9.42. The van der Waals surface area contributed by atoms with Gasteiger partial charge in [0.15, 0.2) is 5.78 Å². The largest absolute Gasteiger partial charge is 0.444 e. The third-order valence-corrected chi connectivity index (χ3v) is 5.53. The molecular weight excluding hydrogens is 368 g/mol. The quantitative estimate of drug-likeness (QED) is 0.833. The number of ketones is 1. The molecule has 1 aliphatic carbocycles. The molecule has 0 saturated carbocycles. The number of rotatable bonds is 3. The van der Waals surface area contributed by atoms with Crippen molar-refractivity contribution in [2.75, 3.05) is 0 Å². The molecule has 7 heteroatoms. The molecule has 4 rings (SSSR count). The molecule has 1 aromatic heterocycles. The summed E-state index contributed by atoms with van der Waals surface area (Å²) in [6, 6.07) is 9.65. The van der Waals surface area contributed by atoms with Crippen LogP contribution in [0.5, 0.6) is 0 Å². The second-order valence-electron chi connectivity index (χ2n) is 8.40. The molecule has 148 valence electrons. The smallest absolute Gasteiger partial charge is 0.237 e. The van der Waals surface area contributed by atoms with Crippen LogP contribution < -0.4 is 11.5 Å². The van der Waals surface area contributed by atoms with E-state index in [9.17, 15) is 14.9 Å². The SMILES string of the molecule is CC1(C)CC(=O)C2=C(C1)OC(N)=C(C#N)[C@H]2c1cn(CC(N)=O)c2ccccc12. The van der Waals surface area contributed by atoms with Gasteiger partial charge in [-0.05, 0) is 17.0 Å². The van der Waals surface area contributed by atoms with Crippen LogP contribution >= 0.6 is 0 Å². The van der Waals surface area contributed by atoms with E-state index in [4.69, 9.17) is 16.2 Å². The zero-order valence-electron chi connectivity index (χ0n) is 16.4. The number of nitrogens with two attached hydrogens (primary N) is 2. The van der Waals surface area contributed by atoms with Crippen LogP contribution in [0.25, 0.3) is 10.9 Å². The minimum absolute atomic E-state index is 0.00228. The fourth-order valence-electron chi connectivity index (χ4n) is 4.40. The number of carbonyl (C=O) groups is 2. The number of amides is 1. The zero-order chi connectivity index (χ0) is 20.9. The highest BCUT2D eigenvalue weighted by molar-refractivity contribution is 6.01. The topological polar surface area (TPSA) is 124 Å². The van der Waals surface area contributed by atoms with Gasteiger partial charge < -0.3 is 20.8 Å². The summed E-state index contributed by atoms with van der Waals surface area (Å²) >= 11 is 0. The molecule has 1 amide bonds. The summed E-state index contributed by atoms with van der Waals surface area (Å²) in [5, 5.41) is 10.7. The molecule has 0 fully saturated rings. The number of para-hydroxylation sites is 1. The monoisotopic (exact) mass is 390 g/mol. The number of nitriles is 1. The molecule has 29 heavy (non-hydrogen) atoms. The predicted molar refractivity (Wildman–Crippen MR) is 107 cm³/mol. The van der Waals surface area contributed by atoms with E-state index in [0.29, 0.717) is 24.2 Å². The number of allylic oxidation sites excluding steroid dienone is 3. The fourth-order valence-corrected chi connectivity index (χ4v) is 4.40. The highest BCUT2D eigenvalue weighted by Crippen LogP contribution is 2.49. The average Bonchev–Trinajstić information content (AvgIpc) is 2.97. The second-order valence-corrected chi connectivity index (χ2v) is 8.40. The van der Waals surface area contributed by atoms with E-state index >= 15 is 0 Å². The summed E-state index contributed by atoms with van der Waals surface area (Å²) in [5.74, 6) is -0.609. The average molecular weight is 390 g/mol. The molecule has 2 aromatic rings. The molecule has 0 spiro atoms. The molecule has 0 bridgehead atoms. The zero-order valence-corrected chi connectivity index (χ0v) is 16.4. The van der Waals surface area contributed by atoms with Crippen molar-refractivity contribution in [3.8, 4) is 6.07 Å². The van der Waals surface area contributed by atoms with Crippen LogP contribution in [0.1, 0.15) is 38.2 Å². The Bertz CT molecular complexity index is 1160. The number of hydrogen-bond acceptors (Lipinski definition) is 5. The van der Waals surface area contributed by atoms with E-state index in [1.807, 2.05) is 38.1 Å². The third-order valence-electron chi connectivity index (χ3n) is 5.53. The predicted octanol–water partition coefficient (Wildman–Crippen LogP) is 2.58. The van der Waals surface area contributed by atoms with E-state index in [-0.39, 0.29) is 29.2 Å². The standard InChI is InChI=1S/C22H22N4O3/c1-22(2)7-16(27)20-17(8-22)29-21(25)13(9-23)19(20)14-10-26(11-18(24)28)15-6-4-3-5-12(14)15/h3-6,10,19H,7-8,11,25H2,1-2H3,(H2,24,28)/t19-/m0/s1. The molecule has 0 radical (unpaired) electrons. The molecule has 0 unspecified atom stereocenters. The number of hydrogen-bond donors (Lipinski definition) is 2. The fraction of sp³-hybridized carbons (Fsp3) is 0.318. The number of carbonyl (C=O) groups excluding carboxylic acids is 2. The van der Waals surface area contributed by atoms with Gasteiger partial charge in [0, 0.05) is 35.5 Å². The first-order chi connectivity index (χ1) is 13.7. The number of benzene rings is 1. The van der Waals surface area contributed by atoms with E-state index in [2.05, 4.69) is 6.07 Å². The van der Waals surface area contributed by atoms with E-state index in [1.54, 1.807) is 10.8 Å². The lowest BCUT2D eigenvalue weighted by Crippen LogP contribution is -2.33. The van der Waals surface area contributed by atoms with Gasteiger partial charge in [-0.2, -0.15) is 5.26 Å². The Hall–Kier alpha value is -3.53. The normalized spacial score (nSPS) is 21.0. The van der Waals surface area contributed by atoms with Crippen LogP contribution in [0.4, 0.5) is 0 Å². The Morgan fingerprint density at radius 1 is 1.34 bits per heavy atom. The van der Waals surface area contributed by atoms with Crippen molar-refractivity contribution in [1.29, 1.82) is 5.26 Å². The number of fused-ring (bicyclic) bond motifs is 1. The maximum atomic E-state index is 13.1. The Balaban J connectivity index is 1.98. The van der Waals surface area contributed by atoms with Crippen LogP contribution in [0.15, 0.2) is 53.3 Å². The van der Waals surface area contributed by atoms with E-state index in [0.717, 1.165) is 16.5 Å². The maximum Gasteiger partial charge on any atom is 0.237 e. The van der Waals surface area contributed by atoms with Gasteiger partial charge in [0.05, 0.1) is 5.92 Å². The number of Topliss-reactive ketones (excluding diaryl/α,β-unsaturated/α-hetero) is 1. The Morgan fingerprint density at radius 3 is 2.76 bits per heavy atom. The Kier molecular flexibility index (Phi) is 4.23. The maximum absolute atomic E-state index is 13.1. The van der Waals surface area contributed by atoms with Crippen molar-refractivity contribution in [3.63, 3.8) is 0 Å². The number of aromatic nitrogens is 1. The number of primary amides is 1. The van der Waals surface area contributed by atoms with Gasteiger partial charge in [-0.3, -0.25) is 9.59 Å². The van der Waals surface area contributed by atoms with Crippen LogP contribution in [-0.4, -0.2) is 16.3 Å². The van der Waals surface area contributed by atoms with E-state index < -0.39 is 11.8 Å². The van der Waals surface area contributed by atoms with Crippen molar-refractivity contribution in [1.82, 2.24) is 4.57 Å². The van der Waals surface area contributed by atoms with Crippen molar-refractivity contribution in [3.05, 3.63) is 58.8 Å². The molecule has 0 saturated heterocycles. The molecule has 4 N–H and O–H groups in total. The van der Waals surface area contributed by atoms with Crippen molar-refractivity contribution < 1.29 is 14.3 Å². The molecule has 7 nitrogen and oxygen atoms in total. The van der Waals surface area contributed by atoms with Crippen molar-refractivity contribution in [2.24, 2.45) is 16.9 Å². The van der Waals surface area contributed by atoms with Gasteiger partial charge in [-0.15, -0.1) is 0 Å². The lowest BCUT2D eigenvalue weighted by atomic mass is 9.70. The van der Waals surface area contributed by atoms with Crippen molar-refractivity contribution in [2.45, 2.75) is 39.2 Å². The Morgan fingerprint density at radius 2 is 2.07 bits per heavy atom. The molecular formula is C22H22N4O3. The van der Waals surface area contributed by atoms with Gasteiger partial charge in [-0.1, -0.05) is 32.0 Å². The molecule has 2 heterocycles. The molecule has 2 aliphatic rings. The molecule has 1 aliphatic heterocycles. The van der Waals surface area contributed by atoms with Gasteiger partial charge in [0.1, 0.15) is 23.9 Å². The van der Waals surface area contributed by atoms with Gasteiger partial charge in [0.25, 0.3) is 0 Å². The van der Waals surface area contributed by atoms with Crippen LogP contribution in [0, 0.1) is 16.7 Å². The minimum Gasteiger partial charge on any atom is -0.444 e. The number of nitrogens with zero attached hydrogens (tertiary/aromatic N) is 2. The lowest BCUT2D eigenvalue weighted by Gasteiger charge is -2.37. The van der Waals surface area contributed by atoms with Gasteiger partial charge in [-0.25, -0.2) is 0 Å². The summed E-state index contributed by atoms with van der Waals surface area (Å²) in [7, 11) is 0. The highest BCUT2D eigenvalue weighted by atomic mass is 16.5. The second kappa shape index (κ2) is 6.52. The summed E-state index contributed by atoms with van der Waals surface area (Å²) < 4.78 is 7.49. The number of ether oxygens (including phenoxy) is 1. The van der Waals surface area contributed by atoms with Gasteiger partial charge >= 0.3 is 0 Å². The summed E-state index contributed by atoms with van der Waals surface area (Å²) in [5.41, 5.74) is 13.5. The van der Waals surface area contributed by atoms with E-state index in [1.165, 1.54) is 0 Å². The molecule has 1 aromatic carbocycles. The first kappa shape index (κ1) is 18.8. The lowest BCUT2D eigenvalue weighted by molar-refractivity contribution is -0.119. The third kappa shape index (κ3) is 3.07. The van der Waals surface area contributed by atoms with Crippen LogP contribution in [0.3, 0.4) is 0 Å². The van der Waals surface area contributed by atoms with Crippen LogP contribution in [0.2, 0.25) is 0 Å². The minimum atomic E-state index is -0.633. The highest BCUT2D eigenvalue weighted by Gasteiger charge is 2.43. The molecule has 1 atom stereocenters. The van der Waals surface area contributed by atoms with Gasteiger partial charge in [0.2, 0.25) is 11.8 Å².